The molecule has 1 atom stereocenters. The second kappa shape index (κ2) is 4.35. The summed E-state index contributed by atoms with van der Waals surface area (Å²) in [4.78, 5) is 10.1. The van der Waals surface area contributed by atoms with Gasteiger partial charge in [-0.2, -0.15) is 0 Å². The van der Waals surface area contributed by atoms with Crippen LogP contribution < -0.4 is 0 Å². The Morgan fingerprint density at radius 2 is 2.31 bits per heavy atom. The molecule has 13 heavy (non-hydrogen) atoms. The molecule has 0 fully saturated rings. The molecule has 0 heterocycles. The molecule has 0 radical (unpaired) electrons. The van der Waals surface area contributed by atoms with E-state index in [1.807, 2.05) is 0 Å². The first-order valence-electron chi connectivity index (χ1n) is 3.71. The standard InChI is InChI=1S/C9H8ClFO2/c10-7-2-1-6(9(11)4-7)3-8(13)5-12/h1-2,4-5,8,13H,3H2. The smallest absolute Gasteiger partial charge is 0.148 e. The number of carbonyl (C=O) groups excluding carboxylic acids is 1. The highest BCUT2D eigenvalue weighted by molar-refractivity contribution is 6.30. The minimum absolute atomic E-state index is 0.0213. The van der Waals surface area contributed by atoms with Crippen LogP contribution in [0.5, 0.6) is 0 Å². The molecule has 0 spiro atoms. The van der Waals surface area contributed by atoms with Crippen molar-refractivity contribution < 1.29 is 14.3 Å². The Balaban J connectivity index is 2.83. The van der Waals surface area contributed by atoms with Gasteiger partial charge in [-0.1, -0.05) is 17.7 Å². The first kappa shape index (κ1) is 10.2. The summed E-state index contributed by atoms with van der Waals surface area (Å²) in [7, 11) is 0. The second-order valence-electron chi connectivity index (χ2n) is 2.64. The molecule has 1 N–H and O–H groups in total. The third-order valence-corrected chi connectivity index (χ3v) is 1.84. The van der Waals surface area contributed by atoms with Crippen molar-refractivity contribution in [3.8, 4) is 0 Å². The first-order valence-corrected chi connectivity index (χ1v) is 4.08. The van der Waals surface area contributed by atoms with Gasteiger partial charge in [-0.3, -0.25) is 0 Å². The van der Waals surface area contributed by atoms with Gasteiger partial charge in [0, 0.05) is 11.4 Å². The zero-order valence-corrected chi connectivity index (χ0v) is 7.46. The Morgan fingerprint density at radius 1 is 1.62 bits per heavy atom. The summed E-state index contributed by atoms with van der Waals surface area (Å²) in [5.74, 6) is -0.506. The second-order valence-corrected chi connectivity index (χ2v) is 3.08. The molecule has 0 saturated heterocycles. The normalized spacial score (nSPS) is 12.5. The fraction of sp³-hybridized carbons (Fsp3) is 0.222. The summed E-state index contributed by atoms with van der Waals surface area (Å²) in [6, 6.07) is 4.11. The van der Waals surface area contributed by atoms with Gasteiger partial charge in [0.15, 0.2) is 0 Å². The predicted octanol–water partition coefficient (Wildman–Crippen LogP) is 1.58. The van der Waals surface area contributed by atoms with Crippen LogP contribution in [0.3, 0.4) is 0 Å². The number of benzene rings is 1. The summed E-state index contributed by atoms with van der Waals surface area (Å²) in [6.07, 6.45) is -0.809. The lowest BCUT2D eigenvalue weighted by molar-refractivity contribution is -0.114. The van der Waals surface area contributed by atoms with Gasteiger partial charge in [0.25, 0.3) is 0 Å². The number of aliphatic hydroxyl groups is 1. The summed E-state index contributed by atoms with van der Waals surface area (Å²) in [6.45, 7) is 0. The average molecular weight is 203 g/mol. The van der Waals surface area contributed by atoms with Crippen LogP contribution >= 0.6 is 11.6 Å². The van der Waals surface area contributed by atoms with Crippen molar-refractivity contribution in [3.63, 3.8) is 0 Å². The zero-order valence-electron chi connectivity index (χ0n) is 6.71. The Hall–Kier alpha value is -0.930. The van der Waals surface area contributed by atoms with Crippen molar-refractivity contribution in [1.29, 1.82) is 0 Å². The molecule has 0 aliphatic rings. The van der Waals surface area contributed by atoms with Crippen LogP contribution in [0.15, 0.2) is 18.2 Å². The molecule has 0 aliphatic heterocycles. The fourth-order valence-electron chi connectivity index (χ4n) is 0.961. The molecule has 2 nitrogen and oxygen atoms in total. The molecule has 0 bridgehead atoms. The number of aliphatic hydroxyl groups excluding tert-OH is 1. The highest BCUT2D eigenvalue weighted by atomic mass is 35.5. The molecule has 0 saturated carbocycles. The van der Waals surface area contributed by atoms with Crippen molar-refractivity contribution in [1.82, 2.24) is 0 Å². The van der Waals surface area contributed by atoms with Crippen molar-refractivity contribution in [2.24, 2.45) is 0 Å². The van der Waals surface area contributed by atoms with E-state index >= 15 is 0 Å². The van der Waals surface area contributed by atoms with E-state index in [0.29, 0.717) is 11.3 Å². The third-order valence-electron chi connectivity index (χ3n) is 1.60. The predicted molar refractivity (Wildman–Crippen MR) is 47.2 cm³/mol. The van der Waals surface area contributed by atoms with Gasteiger partial charge in [-0.15, -0.1) is 0 Å². The molecular formula is C9H8ClFO2. The van der Waals surface area contributed by atoms with Gasteiger partial charge in [-0.25, -0.2) is 4.39 Å². The molecule has 1 rings (SSSR count). The topological polar surface area (TPSA) is 37.3 Å². The van der Waals surface area contributed by atoms with E-state index in [2.05, 4.69) is 0 Å². The summed E-state index contributed by atoms with van der Waals surface area (Å²) in [5, 5.41) is 9.23. The Labute approximate surface area is 80.0 Å². The third kappa shape index (κ3) is 2.79. The molecule has 1 unspecified atom stereocenters. The Bertz CT molecular complexity index is 314. The number of aldehydes is 1. The maximum atomic E-state index is 13.0. The molecule has 1 aromatic rings. The first-order chi connectivity index (χ1) is 6.13. The SMILES string of the molecule is O=CC(O)Cc1ccc(Cl)cc1F. The molecule has 0 aromatic heterocycles. The highest BCUT2D eigenvalue weighted by Crippen LogP contribution is 2.15. The van der Waals surface area contributed by atoms with Crippen molar-refractivity contribution in [3.05, 3.63) is 34.6 Å². The van der Waals surface area contributed by atoms with Crippen LogP contribution in [-0.4, -0.2) is 17.5 Å². The largest absolute Gasteiger partial charge is 0.385 e. The minimum atomic E-state index is -1.16. The van der Waals surface area contributed by atoms with Crippen molar-refractivity contribution in [2.75, 3.05) is 0 Å². The zero-order chi connectivity index (χ0) is 9.84. The summed E-state index contributed by atoms with van der Waals surface area (Å²) >= 11 is 5.52. The Kier molecular flexibility index (Phi) is 3.39. The van der Waals surface area contributed by atoms with Gasteiger partial charge < -0.3 is 9.90 Å². The summed E-state index contributed by atoms with van der Waals surface area (Å²) < 4.78 is 13.0. The van der Waals surface area contributed by atoms with Crippen molar-refractivity contribution >= 4 is 17.9 Å². The number of rotatable bonds is 3. The van der Waals surface area contributed by atoms with Crippen LogP contribution in [0.25, 0.3) is 0 Å². The maximum absolute atomic E-state index is 13.0. The van der Waals surface area contributed by atoms with E-state index in [-0.39, 0.29) is 12.0 Å². The van der Waals surface area contributed by atoms with E-state index in [1.165, 1.54) is 12.1 Å². The number of carbonyl (C=O) groups is 1. The molecule has 70 valence electrons. The van der Waals surface area contributed by atoms with E-state index in [4.69, 9.17) is 16.7 Å². The summed E-state index contributed by atoms with van der Waals surface area (Å²) in [5.41, 5.74) is 0.281. The van der Waals surface area contributed by atoms with Gasteiger partial charge in [-0.05, 0) is 17.7 Å². The van der Waals surface area contributed by atoms with Gasteiger partial charge in [0.05, 0.1) is 0 Å². The van der Waals surface area contributed by atoms with E-state index < -0.39 is 11.9 Å². The lowest BCUT2D eigenvalue weighted by atomic mass is 10.1. The van der Waals surface area contributed by atoms with Crippen LogP contribution in [-0.2, 0) is 11.2 Å². The van der Waals surface area contributed by atoms with E-state index in [0.717, 1.165) is 6.07 Å². The van der Waals surface area contributed by atoms with Gasteiger partial charge in [0.1, 0.15) is 18.2 Å². The minimum Gasteiger partial charge on any atom is -0.385 e. The van der Waals surface area contributed by atoms with Gasteiger partial charge in [0.2, 0.25) is 0 Å². The Morgan fingerprint density at radius 3 is 2.85 bits per heavy atom. The molecule has 1 aromatic carbocycles. The lowest BCUT2D eigenvalue weighted by Gasteiger charge is -2.04. The van der Waals surface area contributed by atoms with Crippen LogP contribution in [0.1, 0.15) is 5.56 Å². The highest BCUT2D eigenvalue weighted by Gasteiger charge is 2.08. The number of hydrogen-bond acceptors (Lipinski definition) is 2. The van der Waals surface area contributed by atoms with Crippen LogP contribution in [0.4, 0.5) is 4.39 Å². The quantitative estimate of drug-likeness (QED) is 0.756. The molecule has 4 heteroatoms. The molecule has 0 aliphatic carbocycles. The molecule has 0 amide bonds. The lowest BCUT2D eigenvalue weighted by Crippen LogP contribution is -2.12. The maximum Gasteiger partial charge on any atom is 0.148 e. The van der Waals surface area contributed by atoms with E-state index in [9.17, 15) is 9.18 Å². The monoisotopic (exact) mass is 202 g/mol. The average Bonchev–Trinajstić information content (AvgIpc) is 2.09. The van der Waals surface area contributed by atoms with Crippen LogP contribution in [0.2, 0.25) is 5.02 Å². The van der Waals surface area contributed by atoms with E-state index in [1.54, 1.807) is 0 Å². The molecular weight excluding hydrogens is 195 g/mol. The number of halogens is 2. The van der Waals surface area contributed by atoms with Crippen LogP contribution in [0, 0.1) is 5.82 Å². The van der Waals surface area contributed by atoms with Gasteiger partial charge >= 0.3 is 0 Å². The van der Waals surface area contributed by atoms with Crippen molar-refractivity contribution in [2.45, 2.75) is 12.5 Å². The fourth-order valence-corrected chi connectivity index (χ4v) is 1.12. The number of hydrogen-bond donors (Lipinski definition) is 1.